The molecule has 0 fully saturated rings. The predicted molar refractivity (Wildman–Crippen MR) is 111 cm³/mol. The second-order valence-corrected chi connectivity index (χ2v) is 5.69. The summed E-state index contributed by atoms with van der Waals surface area (Å²) in [6, 6.07) is 14.9. The highest BCUT2D eigenvalue weighted by atomic mass is 35.5. The lowest BCUT2D eigenvalue weighted by atomic mass is 10.1. The molecule has 0 aliphatic carbocycles. The topological polar surface area (TPSA) is 76.8 Å². The minimum atomic E-state index is -0.104. The third-order valence-electron chi connectivity index (χ3n) is 2.91. The molecule has 0 aliphatic rings. The van der Waals surface area contributed by atoms with Crippen molar-refractivity contribution in [1.29, 1.82) is 0 Å². The molecule has 130 valence electrons. The minimum Gasteiger partial charge on any atom is -0.369 e. The van der Waals surface area contributed by atoms with Gasteiger partial charge >= 0.3 is 0 Å². The van der Waals surface area contributed by atoms with Crippen molar-refractivity contribution < 1.29 is 0 Å². The zero-order chi connectivity index (χ0) is 17.4. The van der Waals surface area contributed by atoms with E-state index in [1.165, 1.54) is 0 Å². The molecule has 0 heterocycles. The van der Waals surface area contributed by atoms with Crippen LogP contribution in [0.2, 0.25) is 10.0 Å². The molecule has 0 unspecified atom stereocenters. The summed E-state index contributed by atoms with van der Waals surface area (Å²) in [5.74, 6) is -0.104. The predicted octanol–water partition coefficient (Wildman–Crippen LogP) is 4.77. The Hall–Kier alpha value is -2.27. The second kappa shape index (κ2) is 10.6. The van der Waals surface area contributed by atoms with Gasteiger partial charge in [-0.25, -0.2) is 0 Å². The lowest BCUT2D eigenvalue weighted by Crippen LogP contribution is -2.22. The first-order chi connectivity index (χ1) is 11.5. The van der Waals surface area contributed by atoms with Crippen LogP contribution in [0.3, 0.4) is 0 Å². The second-order valence-electron chi connectivity index (χ2n) is 4.82. The molecule has 0 saturated carbocycles. The SMILES string of the molecule is Cl.NC(N)=NN=C(/C=C/c1ccc(Cl)cc1)/C=C/c1ccc(Cl)cc1. The maximum atomic E-state index is 5.87. The van der Waals surface area contributed by atoms with Gasteiger partial charge in [0.1, 0.15) is 0 Å². The first-order valence-electron chi connectivity index (χ1n) is 7.07. The molecule has 2 aromatic carbocycles. The van der Waals surface area contributed by atoms with E-state index in [1.807, 2.05) is 72.8 Å². The van der Waals surface area contributed by atoms with Crippen molar-refractivity contribution >= 4 is 59.4 Å². The Morgan fingerprint density at radius 1 is 0.720 bits per heavy atom. The van der Waals surface area contributed by atoms with Crippen molar-refractivity contribution in [3.63, 3.8) is 0 Å². The molecular weight excluding hydrogens is 379 g/mol. The molecule has 0 spiro atoms. The highest BCUT2D eigenvalue weighted by Gasteiger charge is 1.93. The van der Waals surface area contributed by atoms with Crippen LogP contribution in [0, 0.1) is 0 Å². The van der Waals surface area contributed by atoms with E-state index in [4.69, 9.17) is 34.7 Å². The Labute approximate surface area is 162 Å². The van der Waals surface area contributed by atoms with E-state index in [9.17, 15) is 0 Å². The van der Waals surface area contributed by atoms with Crippen LogP contribution in [0.1, 0.15) is 11.1 Å². The van der Waals surface area contributed by atoms with Crippen molar-refractivity contribution in [1.82, 2.24) is 0 Å². The zero-order valence-corrected chi connectivity index (χ0v) is 15.5. The smallest absolute Gasteiger partial charge is 0.211 e. The standard InChI is InChI=1S/C18H16Cl2N4.ClH/c19-15-7-1-13(2-8-15)5-11-17(23-24-18(21)22)12-6-14-3-9-16(20)10-4-14;/h1-12H,(H4,21,22,24);1H/b11-5+,12-6+;. The van der Waals surface area contributed by atoms with Gasteiger partial charge in [-0.1, -0.05) is 59.6 Å². The van der Waals surface area contributed by atoms with Crippen molar-refractivity contribution in [2.45, 2.75) is 0 Å². The highest BCUT2D eigenvalue weighted by Crippen LogP contribution is 2.12. The quantitative estimate of drug-likeness (QED) is 0.434. The Balaban J connectivity index is 0.00000312. The summed E-state index contributed by atoms with van der Waals surface area (Å²) in [5, 5.41) is 9.08. The first kappa shape index (κ1) is 20.8. The van der Waals surface area contributed by atoms with Gasteiger partial charge in [0.25, 0.3) is 0 Å². The number of guanidine groups is 1. The number of benzene rings is 2. The van der Waals surface area contributed by atoms with Gasteiger partial charge in [0.15, 0.2) is 0 Å². The summed E-state index contributed by atoms with van der Waals surface area (Å²) >= 11 is 11.7. The van der Waals surface area contributed by atoms with E-state index in [0.717, 1.165) is 11.1 Å². The van der Waals surface area contributed by atoms with Crippen LogP contribution in [-0.2, 0) is 0 Å². The van der Waals surface area contributed by atoms with Crippen LogP contribution in [0.4, 0.5) is 0 Å². The van der Waals surface area contributed by atoms with Gasteiger partial charge in [0, 0.05) is 10.0 Å². The van der Waals surface area contributed by atoms with Crippen LogP contribution < -0.4 is 11.5 Å². The molecule has 25 heavy (non-hydrogen) atoms. The minimum absolute atomic E-state index is 0. The fraction of sp³-hybridized carbons (Fsp3) is 0. The molecule has 2 aromatic rings. The summed E-state index contributed by atoms with van der Waals surface area (Å²) in [5.41, 5.74) is 13.2. The monoisotopic (exact) mass is 394 g/mol. The van der Waals surface area contributed by atoms with Crippen LogP contribution in [-0.4, -0.2) is 11.7 Å². The Bertz CT molecular complexity index is 731. The van der Waals surface area contributed by atoms with Gasteiger partial charge in [0.2, 0.25) is 5.96 Å². The average molecular weight is 396 g/mol. The van der Waals surface area contributed by atoms with Crippen molar-refractivity contribution in [3.8, 4) is 0 Å². The van der Waals surface area contributed by atoms with E-state index in [0.29, 0.717) is 15.8 Å². The lowest BCUT2D eigenvalue weighted by Gasteiger charge is -1.96. The fourth-order valence-corrected chi connectivity index (χ4v) is 2.00. The fourth-order valence-electron chi connectivity index (χ4n) is 1.75. The van der Waals surface area contributed by atoms with Gasteiger partial charge in [-0.2, -0.15) is 0 Å². The summed E-state index contributed by atoms with van der Waals surface area (Å²) < 4.78 is 0. The third kappa shape index (κ3) is 7.90. The van der Waals surface area contributed by atoms with Crippen molar-refractivity contribution in [2.75, 3.05) is 0 Å². The van der Waals surface area contributed by atoms with Crippen LogP contribution >= 0.6 is 35.6 Å². The van der Waals surface area contributed by atoms with Gasteiger partial charge in [0.05, 0.1) is 5.71 Å². The van der Waals surface area contributed by atoms with E-state index in [1.54, 1.807) is 0 Å². The Kier molecular flexibility index (Phi) is 8.78. The van der Waals surface area contributed by atoms with E-state index < -0.39 is 0 Å². The lowest BCUT2D eigenvalue weighted by molar-refractivity contribution is 1.21. The number of nitrogens with zero attached hydrogens (tertiary/aromatic N) is 2. The molecule has 4 nitrogen and oxygen atoms in total. The molecule has 0 saturated heterocycles. The molecule has 2 rings (SSSR count). The number of hydrogen-bond donors (Lipinski definition) is 2. The first-order valence-corrected chi connectivity index (χ1v) is 7.82. The molecule has 0 bridgehead atoms. The van der Waals surface area contributed by atoms with E-state index in [-0.39, 0.29) is 18.4 Å². The summed E-state index contributed by atoms with van der Waals surface area (Å²) in [6.45, 7) is 0. The van der Waals surface area contributed by atoms with Gasteiger partial charge in [-0.15, -0.1) is 22.6 Å². The van der Waals surface area contributed by atoms with Gasteiger partial charge in [-0.3, -0.25) is 0 Å². The largest absolute Gasteiger partial charge is 0.369 e. The molecule has 0 amide bonds. The summed E-state index contributed by atoms with van der Waals surface area (Å²) in [6.07, 6.45) is 7.40. The zero-order valence-electron chi connectivity index (χ0n) is 13.1. The number of nitrogens with two attached hydrogens (primary N) is 2. The molecule has 0 aromatic heterocycles. The normalized spacial score (nSPS) is 10.5. The Morgan fingerprint density at radius 3 is 1.48 bits per heavy atom. The van der Waals surface area contributed by atoms with Gasteiger partial charge in [-0.05, 0) is 47.5 Å². The van der Waals surface area contributed by atoms with Crippen LogP contribution in [0.25, 0.3) is 12.2 Å². The molecule has 0 aliphatic heterocycles. The molecule has 7 heteroatoms. The highest BCUT2D eigenvalue weighted by molar-refractivity contribution is 6.30. The van der Waals surface area contributed by atoms with Crippen molar-refractivity contribution in [3.05, 3.63) is 81.9 Å². The molecule has 4 N–H and O–H groups in total. The maximum absolute atomic E-state index is 5.87. The van der Waals surface area contributed by atoms with E-state index in [2.05, 4.69) is 10.2 Å². The summed E-state index contributed by atoms with van der Waals surface area (Å²) in [7, 11) is 0. The Morgan fingerprint density at radius 2 is 1.12 bits per heavy atom. The average Bonchev–Trinajstić information content (AvgIpc) is 2.57. The number of halogens is 3. The molecule has 0 radical (unpaired) electrons. The number of hydrogen-bond acceptors (Lipinski definition) is 2. The van der Waals surface area contributed by atoms with Crippen LogP contribution in [0.15, 0.2) is 70.9 Å². The number of allylic oxidation sites excluding steroid dienone is 2. The van der Waals surface area contributed by atoms with Crippen LogP contribution in [0.5, 0.6) is 0 Å². The molecular formula is C18H17Cl3N4. The third-order valence-corrected chi connectivity index (χ3v) is 3.42. The van der Waals surface area contributed by atoms with E-state index >= 15 is 0 Å². The molecule has 0 atom stereocenters. The number of rotatable bonds is 5. The van der Waals surface area contributed by atoms with Gasteiger partial charge < -0.3 is 11.5 Å². The summed E-state index contributed by atoms with van der Waals surface area (Å²) in [4.78, 5) is 0. The maximum Gasteiger partial charge on any atom is 0.211 e. The van der Waals surface area contributed by atoms with Crippen molar-refractivity contribution in [2.24, 2.45) is 21.7 Å².